The molecule has 4 aromatic rings. The quantitative estimate of drug-likeness (QED) is 0.505. The smallest absolute Gasteiger partial charge is 0.237 e. The topological polar surface area (TPSA) is 82.5 Å². The van der Waals surface area contributed by atoms with E-state index >= 15 is 0 Å². The lowest BCUT2D eigenvalue weighted by molar-refractivity contribution is 0.391. The van der Waals surface area contributed by atoms with Crippen molar-refractivity contribution in [2.45, 2.75) is 10.9 Å². The molecule has 0 aliphatic carbocycles. The maximum atomic E-state index is 13.4. The van der Waals surface area contributed by atoms with Gasteiger partial charge < -0.3 is 4.52 Å². The molecule has 3 heterocycles. The zero-order valence-electron chi connectivity index (χ0n) is 12.0. The molecule has 0 saturated heterocycles. The van der Waals surface area contributed by atoms with Crippen LogP contribution in [0, 0.1) is 5.82 Å². The van der Waals surface area contributed by atoms with Crippen LogP contribution in [0.1, 0.15) is 5.89 Å². The molecular weight excluding hydrogens is 351 g/mol. The van der Waals surface area contributed by atoms with E-state index in [2.05, 4.69) is 25.7 Å². The predicted octanol–water partition coefficient (Wildman–Crippen LogP) is 3.21. The molecule has 24 heavy (non-hydrogen) atoms. The zero-order valence-corrected chi connectivity index (χ0v) is 13.7. The Balaban J connectivity index is 1.50. The van der Waals surface area contributed by atoms with Crippen LogP contribution < -0.4 is 0 Å². The molecule has 120 valence electrons. The summed E-state index contributed by atoms with van der Waals surface area (Å²) < 4.78 is 20.1. The van der Waals surface area contributed by atoms with Gasteiger partial charge in [-0.05, 0) is 40.1 Å². The molecule has 3 aromatic heterocycles. The Bertz CT molecular complexity index is 952. The summed E-state index contributed by atoms with van der Waals surface area (Å²) in [5.74, 6) is 1.08. The molecule has 1 aromatic carbocycles. The Kier molecular flexibility index (Phi) is 4.05. The highest BCUT2D eigenvalue weighted by Gasteiger charge is 2.13. The van der Waals surface area contributed by atoms with Crippen molar-refractivity contribution in [3.63, 3.8) is 0 Å². The molecule has 0 atom stereocenters. The maximum Gasteiger partial charge on any atom is 0.237 e. The summed E-state index contributed by atoms with van der Waals surface area (Å²) in [6.07, 6.45) is 0. The van der Waals surface area contributed by atoms with E-state index in [1.54, 1.807) is 23.5 Å². The third kappa shape index (κ3) is 3.05. The number of aromatic nitrogens is 6. The average molecular weight is 360 g/mol. The first-order valence-electron chi connectivity index (χ1n) is 6.82. The molecule has 0 fully saturated rings. The van der Waals surface area contributed by atoms with E-state index in [0.29, 0.717) is 28.3 Å². The summed E-state index contributed by atoms with van der Waals surface area (Å²) in [5.41, 5.74) is 1.47. The average Bonchev–Trinajstić information content (AvgIpc) is 3.33. The largest absolute Gasteiger partial charge is 0.338 e. The van der Waals surface area contributed by atoms with Crippen molar-refractivity contribution in [2.75, 3.05) is 0 Å². The molecule has 0 radical (unpaired) electrons. The number of hydrogen-bond acceptors (Lipinski definition) is 8. The van der Waals surface area contributed by atoms with Gasteiger partial charge >= 0.3 is 0 Å². The first-order chi connectivity index (χ1) is 11.8. The van der Waals surface area contributed by atoms with Crippen LogP contribution in [0.3, 0.4) is 0 Å². The molecular formula is C14H9FN6OS2. The molecule has 0 amide bonds. The fourth-order valence-corrected chi connectivity index (χ4v) is 3.35. The maximum absolute atomic E-state index is 13.4. The molecule has 10 heteroatoms. The van der Waals surface area contributed by atoms with Crippen molar-refractivity contribution in [1.82, 2.24) is 30.3 Å². The molecule has 0 spiro atoms. The number of benzene rings is 1. The molecule has 0 N–H and O–H groups in total. The molecule has 4 rings (SSSR count). The van der Waals surface area contributed by atoms with Gasteiger partial charge in [-0.25, -0.2) is 4.39 Å². The highest BCUT2D eigenvalue weighted by atomic mass is 32.2. The lowest BCUT2D eigenvalue weighted by Crippen LogP contribution is -1.99. The van der Waals surface area contributed by atoms with Gasteiger partial charge in [0.2, 0.25) is 16.9 Å². The van der Waals surface area contributed by atoms with Crippen LogP contribution in [0.15, 0.2) is 50.8 Å². The van der Waals surface area contributed by atoms with Crippen LogP contribution in [0.25, 0.3) is 17.1 Å². The van der Waals surface area contributed by atoms with E-state index in [9.17, 15) is 4.39 Å². The molecule has 0 aliphatic heterocycles. The van der Waals surface area contributed by atoms with Crippen LogP contribution in [-0.2, 0) is 5.75 Å². The number of thioether (sulfide) groups is 1. The van der Waals surface area contributed by atoms with E-state index in [4.69, 9.17) is 4.52 Å². The summed E-state index contributed by atoms with van der Waals surface area (Å²) in [5, 5.41) is 19.8. The standard InChI is InChI=1S/C14H9FN6OS2/c15-10-2-1-3-11(6-10)21-14(17-19-20-21)24-8-12-16-13(18-22-12)9-4-5-23-7-9/h1-7H,8H2. The zero-order chi connectivity index (χ0) is 16.4. The van der Waals surface area contributed by atoms with Gasteiger partial charge in [0.25, 0.3) is 0 Å². The van der Waals surface area contributed by atoms with Gasteiger partial charge in [-0.15, -0.1) is 5.10 Å². The van der Waals surface area contributed by atoms with E-state index in [-0.39, 0.29) is 5.82 Å². The Morgan fingerprint density at radius 3 is 3.08 bits per heavy atom. The van der Waals surface area contributed by atoms with E-state index < -0.39 is 0 Å². The van der Waals surface area contributed by atoms with Crippen LogP contribution >= 0.6 is 23.1 Å². The molecule has 0 unspecified atom stereocenters. The fraction of sp³-hybridized carbons (Fsp3) is 0.0714. The predicted molar refractivity (Wildman–Crippen MR) is 86.3 cm³/mol. The summed E-state index contributed by atoms with van der Waals surface area (Å²) >= 11 is 2.90. The first kappa shape index (κ1) is 15.0. The first-order valence-corrected chi connectivity index (χ1v) is 8.75. The highest BCUT2D eigenvalue weighted by molar-refractivity contribution is 7.98. The van der Waals surface area contributed by atoms with Crippen molar-refractivity contribution >= 4 is 23.1 Å². The van der Waals surface area contributed by atoms with Crippen LogP contribution in [0.5, 0.6) is 0 Å². The third-order valence-electron chi connectivity index (χ3n) is 3.07. The second-order valence-corrected chi connectivity index (χ2v) is 6.39. The monoisotopic (exact) mass is 360 g/mol. The van der Waals surface area contributed by atoms with Crippen molar-refractivity contribution in [1.29, 1.82) is 0 Å². The van der Waals surface area contributed by atoms with Crippen molar-refractivity contribution in [2.24, 2.45) is 0 Å². The van der Waals surface area contributed by atoms with E-state index in [1.165, 1.54) is 28.6 Å². The summed E-state index contributed by atoms with van der Waals surface area (Å²) in [6.45, 7) is 0. The molecule has 7 nitrogen and oxygen atoms in total. The van der Waals surface area contributed by atoms with Gasteiger partial charge in [-0.1, -0.05) is 23.0 Å². The lowest BCUT2D eigenvalue weighted by Gasteiger charge is -2.02. The molecule has 0 aliphatic rings. The number of nitrogens with zero attached hydrogens (tertiary/aromatic N) is 6. The second-order valence-electron chi connectivity index (χ2n) is 4.67. The van der Waals surface area contributed by atoms with Gasteiger partial charge in [0.05, 0.1) is 11.4 Å². The summed E-state index contributed by atoms with van der Waals surface area (Å²) in [6, 6.07) is 7.99. The molecule has 0 saturated carbocycles. The SMILES string of the molecule is Fc1cccc(-n2nnnc2SCc2nc(-c3ccsc3)no2)c1. The van der Waals surface area contributed by atoms with Gasteiger partial charge in [0, 0.05) is 10.9 Å². The Hall–Kier alpha value is -2.59. The summed E-state index contributed by atoms with van der Waals surface area (Å²) in [4.78, 5) is 4.34. The van der Waals surface area contributed by atoms with Crippen molar-refractivity contribution < 1.29 is 8.91 Å². The number of thiophene rings is 1. The van der Waals surface area contributed by atoms with Crippen LogP contribution in [-0.4, -0.2) is 30.3 Å². The molecule has 0 bridgehead atoms. The van der Waals surface area contributed by atoms with Crippen molar-refractivity contribution in [3.05, 3.63) is 52.8 Å². The van der Waals surface area contributed by atoms with E-state index in [0.717, 1.165) is 5.56 Å². The third-order valence-corrected chi connectivity index (χ3v) is 4.65. The Labute approximate surface area is 143 Å². The lowest BCUT2D eigenvalue weighted by atomic mass is 10.3. The van der Waals surface area contributed by atoms with Gasteiger partial charge in [-0.2, -0.15) is 21.0 Å². The minimum Gasteiger partial charge on any atom is -0.338 e. The van der Waals surface area contributed by atoms with Gasteiger partial charge in [0.15, 0.2) is 0 Å². The minimum atomic E-state index is -0.351. The van der Waals surface area contributed by atoms with Crippen LogP contribution in [0.2, 0.25) is 0 Å². The minimum absolute atomic E-state index is 0.351. The van der Waals surface area contributed by atoms with Crippen molar-refractivity contribution in [3.8, 4) is 17.1 Å². The normalized spacial score (nSPS) is 11.0. The number of tetrazole rings is 1. The highest BCUT2D eigenvalue weighted by Crippen LogP contribution is 2.24. The Morgan fingerprint density at radius 2 is 2.25 bits per heavy atom. The fourth-order valence-electron chi connectivity index (χ4n) is 1.99. The van der Waals surface area contributed by atoms with Gasteiger partial charge in [-0.3, -0.25) is 0 Å². The number of halogens is 1. The van der Waals surface area contributed by atoms with Gasteiger partial charge in [0.1, 0.15) is 5.82 Å². The Morgan fingerprint density at radius 1 is 1.29 bits per heavy atom. The van der Waals surface area contributed by atoms with E-state index in [1.807, 2.05) is 16.8 Å². The number of rotatable bonds is 5. The van der Waals surface area contributed by atoms with Crippen LogP contribution in [0.4, 0.5) is 4.39 Å². The number of hydrogen-bond donors (Lipinski definition) is 0. The second kappa shape index (κ2) is 6.49. The summed E-state index contributed by atoms with van der Waals surface area (Å²) in [7, 11) is 0.